The Hall–Kier alpha value is -1.54. The van der Waals surface area contributed by atoms with Crippen molar-refractivity contribution in [1.82, 2.24) is 5.32 Å². The minimum Gasteiger partial charge on any atom is -0.465 e. The van der Waals surface area contributed by atoms with Crippen molar-refractivity contribution in [2.45, 2.75) is 39.2 Å². The van der Waals surface area contributed by atoms with Crippen molar-refractivity contribution in [3.8, 4) is 0 Å². The van der Waals surface area contributed by atoms with E-state index < -0.39 is 0 Å². The van der Waals surface area contributed by atoms with Gasteiger partial charge in [-0.2, -0.15) is 0 Å². The molecule has 0 amide bonds. The zero-order chi connectivity index (χ0) is 13.7. The van der Waals surface area contributed by atoms with E-state index in [9.17, 15) is 0 Å². The molecule has 1 aromatic carbocycles. The summed E-state index contributed by atoms with van der Waals surface area (Å²) in [5.41, 5.74) is 1.41. The summed E-state index contributed by atoms with van der Waals surface area (Å²) < 4.78 is 5.62. The number of rotatable bonds is 6. The van der Waals surface area contributed by atoms with E-state index in [1.807, 2.05) is 19.1 Å². The van der Waals surface area contributed by atoms with Crippen LogP contribution in [0.5, 0.6) is 0 Å². The maximum atomic E-state index is 5.62. The fourth-order valence-electron chi connectivity index (χ4n) is 2.25. The van der Waals surface area contributed by atoms with Gasteiger partial charge in [0.25, 0.3) is 0 Å². The van der Waals surface area contributed by atoms with Crippen LogP contribution in [0.2, 0.25) is 0 Å². The molecule has 2 nitrogen and oxygen atoms in total. The standard InChI is InChI=1S/C17H23NO/c1-13(16-7-5-4-6-8-16)11-12-18-15(3)17-10-9-14(2)19-17/h4-10,13,15,18H,11-12H2,1-3H3. The van der Waals surface area contributed by atoms with Gasteiger partial charge in [0.1, 0.15) is 11.5 Å². The molecule has 0 bridgehead atoms. The van der Waals surface area contributed by atoms with Crippen LogP contribution in [0.4, 0.5) is 0 Å². The first kappa shape index (κ1) is 13.9. The molecule has 2 heteroatoms. The third-order valence-electron chi connectivity index (χ3n) is 3.58. The Morgan fingerprint density at radius 3 is 2.42 bits per heavy atom. The van der Waals surface area contributed by atoms with Gasteiger partial charge in [0.2, 0.25) is 0 Å². The van der Waals surface area contributed by atoms with Crippen LogP contribution in [0.15, 0.2) is 46.9 Å². The Labute approximate surface area is 115 Å². The number of furan rings is 1. The normalized spacial score (nSPS) is 14.3. The molecule has 1 heterocycles. The van der Waals surface area contributed by atoms with Gasteiger partial charge in [-0.1, -0.05) is 37.3 Å². The van der Waals surface area contributed by atoms with E-state index in [0.717, 1.165) is 24.5 Å². The number of hydrogen-bond donors (Lipinski definition) is 1. The van der Waals surface area contributed by atoms with Crippen molar-refractivity contribution >= 4 is 0 Å². The van der Waals surface area contributed by atoms with E-state index >= 15 is 0 Å². The van der Waals surface area contributed by atoms with Crippen LogP contribution in [0.1, 0.15) is 49.3 Å². The summed E-state index contributed by atoms with van der Waals surface area (Å²) >= 11 is 0. The highest BCUT2D eigenvalue weighted by Gasteiger charge is 2.10. The second kappa shape index (κ2) is 6.58. The molecule has 0 aliphatic rings. The maximum absolute atomic E-state index is 5.62. The average molecular weight is 257 g/mol. The van der Waals surface area contributed by atoms with E-state index in [2.05, 4.69) is 49.5 Å². The number of nitrogens with one attached hydrogen (secondary N) is 1. The van der Waals surface area contributed by atoms with Gasteiger partial charge in [-0.05, 0) is 50.4 Å². The predicted octanol–water partition coefficient (Wildman–Crippen LogP) is 4.43. The van der Waals surface area contributed by atoms with E-state index in [0.29, 0.717) is 5.92 Å². The van der Waals surface area contributed by atoms with Crippen molar-refractivity contribution in [3.05, 3.63) is 59.5 Å². The Bertz CT molecular complexity index is 489. The number of hydrogen-bond acceptors (Lipinski definition) is 2. The molecule has 0 fully saturated rings. The molecular formula is C17H23NO. The van der Waals surface area contributed by atoms with Crippen LogP contribution >= 0.6 is 0 Å². The second-order valence-electron chi connectivity index (χ2n) is 5.22. The highest BCUT2D eigenvalue weighted by molar-refractivity contribution is 5.18. The Morgan fingerprint density at radius 1 is 1.05 bits per heavy atom. The Morgan fingerprint density at radius 2 is 1.79 bits per heavy atom. The number of benzene rings is 1. The Balaban J connectivity index is 1.77. The highest BCUT2D eigenvalue weighted by atomic mass is 16.3. The monoisotopic (exact) mass is 257 g/mol. The summed E-state index contributed by atoms with van der Waals surface area (Å²) in [4.78, 5) is 0. The summed E-state index contributed by atoms with van der Waals surface area (Å²) in [5, 5.41) is 3.52. The molecule has 1 aromatic heterocycles. The van der Waals surface area contributed by atoms with Gasteiger partial charge < -0.3 is 9.73 Å². The molecule has 0 saturated carbocycles. The first-order valence-corrected chi connectivity index (χ1v) is 7.01. The van der Waals surface area contributed by atoms with Crippen LogP contribution in [-0.2, 0) is 0 Å². The molecule has 0 spiro atoms. The van der Waals surface area contributed by atoms with Gasteiger partial charge >= 0.3 is 0 Å². The summed E-state index contributed by atoms with van der Waals surface area (Å²) in [6.45, 7) is 7.40. The SMILES string of the molecule is Cc1ccc(C(C)NCCC(C)c2ccccc2)o1. The lowest BCUT2D eigenvalue weighted by Gasteiger charge is -2.15. The minimum atomic E-state index is 0.275. The molecule has 2 atom stereocenters. The summed E-state index contributed by atoms with van der Waals surface area (Å²) in [6, 6.07) is 15.0. The van der Waals surface area contributed by atoms with Gasteiger partial charge in [0.05, 0.1) is 6.04 Å². The summed E-state index contributed by atoms with van der Waals surface area (Å²) in [5.74, 6) is 2.57. The highest BCUT2D eigenvalue weighted by Crippen LogP contribution is 2.19. The Kier molecular flexibility index (Phi) is 4.80. The predicted molar refractivity (Wildman–Crippen MR) is 79.3 cm³/mol. The first-order chi connectivity index (χ1) is 9.16. The third-order valence-corrected chi connectivity index (χ3v) is 3.58. The lowest BCUT2D eigenvalue weighted by Crippen LogP contribution is -2.20. The van der Waals surface area contributed by atoms with Crippen LogP contribution in [-0.4, -0.2) is 6.54 Å². The summed E-state index contributed by atoms with van der Waals surface area (Å²) in [7, 11) is 0. The molecule has 102 valence electrons. The van der Waals surface area contributed by atoms with Gasteiger partial charge in [-0.3, -0.25) is 0 Å². The third kappa shape index (κ3) is 3.97. The van der Waals surface area contributed by atoms with Crippen LogP contribution in [0.25, 0.3) is 0 Å². The summed E-state index contributed by atoms with van der Waals surface area (Å²) in [6.07, 6.45) is 1.13. The molecule has 0 aliphatic carbocycles. The zero-order valence-corrected chi connectivity index (χ0v) is 12.0. The average Bonchev–Trinajstić information content (AvgIpc) is 2.86. The molecule has 2 unspecified atom stereocenters. The van der Waals surface area contributed by atoms with E-state index in [1.54, 1.807) is 0 Å². The molecule has 0 radical (unpaired) electrons. The van der Waals surface area contributed by atoms with E-state index in [4.69, 9.17) is 4.42 Å². The molecular weight excluding hydrogens is 234 g/mol. The molecule has 1 N–H and O–H groups in total. The van der Waals surface area contributed by atoms with Gasteiger partial charge in [-0.25, -0.2) is 0 Å². The van der Waals surface area contributed by atoms with Crippen molar-refractivity contribution in [1.29, 1.82) is 0 Å². The van der Waals surface area contributed by atoms with Crippen LogP contribution in [0, 0.1) is 6.92 Å². The van der Waals surface area contributed by atoms with Crippen molar-refractivity contribution in [2.75, 3.05) is 6.54 Å². The largest absolute Gasteiger partial charge is 0.465 e. The van der Waals surface area contributed by atoms with Gasteiger partial charge in [-0.15, -0.1) is 0 Å². The molecule has 19 heavy (non-hydrogen) atoms. The van der Waals surface area contributed by atoms with E-state index in [-0.39, 0.29) is 6.04 Å². The smallest absolute Gasteiger partial charge is 0.120 e. The fraction of sp³-hybridized carbons (Fsp3) is 0.412. The van der Waals surface area contributed by atoms with E-state index in [1.165, 1.54) is 5.56 Å². The fourth-order valence-corrected chi connectivity index (χ4v) is 2.25. The zero-order valence-electron chi connectivity index (χ0n) is 12.0. The molecule has 0 aliphatic heterocycles. The minimum absolute atomic E-state index is 0.275. The van der Waals surface area contributed by atoms with Gasteiger partial charge in [0.15, 0.2) is 0 Å². The quantitative estimate of drug-likeness (QED) is 0.828. The lowest BCUT2D eigenvalue weighted by molar-refractivity contribution is 0.411. The van der Waals surface area contributed by atoms with Crippen LogP contribution in [0.3, 0.4) is 0 Å². The van der Waals surface area contributed by atoms with Crippen molar-refractivity contribution < 1.29 is 4.42 Å². The maximum Gasteiger partial charge on any atom is 0.120 e. The number of aryl methyl sites for hydroxylation is 1. The first-order valence-electron chi connectivity index (χ1n) is 7.01. The van der Waals surface area contributed by atoms with Crippen molar-refractivity contribution in [2.24, 2.45) is 0 Å². The van der Waals surface area contributed by atoms with Crippen LogP contribution < -0.4 is 5.32 Å². The lowest BCUT2D eigenvalue weighted by atomic mass is 9.98. The molecule has 2 aromatic rings. The topological polar surface area (TPSA) is 25.2 Å². The molecule has 2 rings (SSSR count). The second-order valence-corrected chi connectivity index (χ2v) is 5.22. The molecule has 0 saturated heterocycles. The van der Waals surface area contributed by atoms with Crippen molar-refractivity contribution in [3.63, 3.8) is 0 Å². The van der Waals surface area contributed by atoms with Gasteiger partial charge in [0, 0.05) is 0 Å².